The quantitative estimate of drug-likeness (QED) is 0.538. The van der Waals surface area contributed by atoms with Crippen LogP contribution in [-0.4, -0.2) is 49.7 Å². The number of nitrogens with one attached hydrogen (secondary N) is 2. The van der Waals surface area contributed by atoms with Gasteiger partial charge >= 0.3 is 0 Å². The van der Waals surface area contributed by atoms with Crippen LogP contribution in [0.1, 0.15) is 46.1 Å². The van der Waals surface area contributed by atoms with Crippen LogP contribution in [0.15, 0.2) is 23.2 Å². The largest absolute Gasteiger partial charge is 0.491 e. The van der Waals surface area contributed by atoms with Crippen molar-refractivity contribution >= 4 is 5.96 Å². The number of halogens is 1. The number of benzene rings is 1. The second-order valence-corrected chi connectivity index (χ2v) is 7.51. The van der Waals surface area contributed by atoms with E-state index in [1.807, 2.05) is 13.0 Å². The Bertz CT molecular complexity index is 598. The molecule has 0 aliphatic carbocycles. The van der Waals surface area contributed by atoms with E-state index in [1.165, 1.54) is 12.6 Å². The van der Waals surface area contributed by atoms with Crippen molar-refractivity contribution in [2.24, 2.45) is 10.9 Å². The Labute approximate surface area is 163 Å². The van der Waals surface area contributed by atoms with E-state index in [0.29, 0.717) is 30.9 Å². The number of hydrogen-bond donors (Lipinski definition) is 2. The number of nitrogens with zero attached hydrogens (tertiary/aromatic N) is 2. The van der Waals surface area contributed by atoms with Crippen LogP contribution < -0.4 is 15.4 Å². The number of likely N-dealkylation sites (tertiary alicyclic amines) is 1. The van der Waals surface area contributed by atoms with Crippen LogP contribution in [0, 0.1) is 11.7 Å². The molecule has 6 heteroatoms. The van der Waals surface area contributed by atoms with Gasteiger partial charge in [0.25, 0.3) is 0 Å². The molecule has 0 unspecified atom stereocenters. The molecule has 5 nitrogen and oxygen atoms in total. The highest BCUT2D eigenvalue weighted by Gasteiger charge is 2.20. The molecule has 0 saturated carbocycles. The lowest BCUT2D eigenvalue weighted by atomic mass is 10.0. The highest BCUT2D eigenvalue weighted by molar-refractivity contribution is 5.80. The molecule has 2 N–H and O–H groups in total. The number of rotatable bonds is 8. The molecule has 1 fully saturated rings. The number of guanidine groups is 1. The van der Waals surface area contributed by atoms with E-state index in [-0.39, 0.29) is 5.82 Å². The summed E-state index contributed by atoms with van der Waals surface area (Å²) in [4.78, 5) is 7.17. The summed E-state index contributed by atoms with van der Waals surface area (Å²) in [5, 5.41) is 6.84. The summed E-state index contributed by atoms with van der Waals surface area (Å²) in [6.45, 7) is 13.6. The molecule has 0 amide bonds. The second-order valence-electron chi connectivity index (χ2n) is 7.51. The third-order valence-corrected chi connectivity index (χ3v) is 4.61. The highest BCUT2D eigenvalue weighted by atomic mass is 19.1. The SMILES string of the molecule is CCNC(=NCc1ccc(OCC)c(F)c1)NC1CCN(CC(C)C)CC1. The van der Waals surface area contributed by atoms with Gasteiger partial charge in [0.05, 0.1) is 13.2 Å². The third kappa shape index (κ3) is 7.37. The molecule has 0 aromatic heterocycles. The van der Waals surface area contributed by atoms with E-state index in [2.05, 4.69) is 41.3 Å². The lowest BCUT2D eigenvalue weighted by Crippen LogP contribution is -2.49. The average molecular weight is 379 g/mol. The molecule has 0 atom stereocenters. The van der Waals surface area contributed by atoms with E-state index in [4.69, 9.17) is 4.74 Å². The summed E-state index contributed by atoms with van der Waals surface area (Å²) >= 11 is 0. The Morgan fingerprint density at radius 3 is 2.63 bits per heavy atom. The van der Waals surface area contributed by atoms with E-state index in [0.717, 1.165) is 44.0 Å². The molecule has 152 valence electrons. The minimum Gasteiger partial charge on any atom is -0.491 e. The van der Waals surface area contributed by atoms with Crippen LogP contribution in [-0.2, 0) is 6.54 Å². The minimum absolute atomic E-state index is 0.295. The second kappa shape index (κ2) is 11.1. The molecule has 1 heterocycles. The van der Waals surface area contributed by atoms with E-state index < -0.39 is 0 Å². The van der Waals surface area contributed by atoms with Crippen LogP contribution in [0.2, 0.25) is 0 Å². The number of hydrogen-bond acceptors (Lipinski definition) is 3. The lowest BCUT2D eigenvalue weighted by Gasteiger charge is -2.34. The van der Waals surface area contributed by atoms with Crippen LogP contribution in [0.5, 0.6) is 5.75 Å². The Morgan fingerprint density at radius 2 is 2.04 bits per heavy atom. The van der Waals surface area contributed by atoms with Gasteiger partial charge in [-0.1, -0.05) is 19.9 Å². The van der Waals surface area contributed by atoms with Gasteiger partial charge < -0.3 is 20.3 Å². The molecular weight excluding hydrogens is 343 g/mol. The fourth-order valence-corrected chi connectivity index (χ4v) is 3.38. The van der Waals surface area contributed by atoms with Gasteiger partial charge in [-0.2, -0.15) is 0 Å². The maximum atomic E-state index is 14.0. The first kappa shape index (κ1) is 21.5. The Morgan fingerprint density at radius 1 is 1.30 bits per heavy atom. The maximum Gasteiger partial charge on any atom is 0.191 e. The number of aliphatic imine (C=N–C) groups is 1. The molecule has 0 radical (unpaired) electrons. The fraction of sp³-hybridized carbons (Fsp3) is 0.667. The first-order valence-electron chi connectivity index (χ1n) is 10.2. The zero-order chi connectivity index (χ0) is 19.6. The van der Waals surface area contributed by atoms with Crippen molar-refractivity contribution in [3.05, 3.63) is 29.6 Å². The minimum atomic E-state index is -0.333. The van der Waals surface area contributed by atoms with E-state index in [9.17, 15) is 4.39 Å². The molecule has 1 aliphatic heterocycles. The Hall–Kier alpha value is -1.82. The highest BCUT2D eigenvalue weighted by Crippen LogP contribution is 2.19. The Kier molecular flexibility index (Phi) is 8.85. The van der Waals surface area contributed by atoms with Gasteiger partial charge in [0.2, 0.25) is 0 Å². The first-order valence-corrected chi connectivity index (χ1v) is 10.2. The molecule has 1 aliphatic rings. The van der Waals surface area contributed by atoms with Gasteiger partial charge in [-0.25, -0.2) is 9.38 Å². The van der Waals surface area contributed by atoms with Crippen LogP contribution in [0.25, 0.3) is 0 Å². The predicted octanol–water partition coefficient (Wildman–Crippen LogP) is 3.40. The monoisotopic (exact) mass is 378 g/mol. The fourth-order valence-electron chi connectivity index (χ4n) is 3.38. The maximum absolute atomic E-state index is 14.0. The van der Waals surface area contributed by atoms with E-state index in [1.54, 1.807) is 6.07 Å². The molecule has 27 heavy (non-hydrogen) atoms. The van der Waals surface area contributed by atoms with E-state index >= 15 is 0 Å². The smallest absolute Gasteiger partial charge is 0.191 e. The topological polar surface area (TPSA) is 48.9 Å². The molecule has 0 spiro atoms. The Balaban J connectivity index is 1.90. The van der Waals surface area contributed by atoms with Crippen molar-refractivity contribution in [2.75, 3.05) is 32.8 Å². The predicted molar refractivity (Wildman–Crippen MR) is 110 cm³/mol. The number of ether oxygens (including phenoxy) is 1. The van der Waals surface area contributed by atoms with Crippen LogP contribution in [0.4, 0.5) is 4.39 Å². The number of piperidine rings is 1. The molecular formula is C21H35FN4O. The van der Waals surface area contributed by atoms with Gasteiger partial charge in [0.15, 0.2) is 17.5 Å². The molecule has 0 bridgehead atoms. The zero-order valence-corrected chi connectivity index (χ0v) is 17.2. The summed E-state index contributed by atoms with van der Waals surface area (Å²) in [5.41, 5.74) is 0.833. The van der Waals surface area contributed by atoms with Crippen molar-refractivity contribution in [1.29, 1.82) is 0 Å². The summed E-state index contributed by atoms with van der Waals surface area (Å²) in [6.07, 6.45) is 2.24. The average Bonchev–Trinajstić information content (AvgIpc) is 2.63. The van der Waals surface area contributed by atoms with Gasteiger partial charge in [0, 0.05) is 32.2 Å². The third-order valence-electron chi connectivity index (χ3n) is 4.61. The summed E-state index contributed by atoms with van der Waals surface area (Å²) < 4.78 is 19.2. The van der Waals surface area contributed by atoms with Crippen LogP contribution >= 0.6 is 0 Å². The van der Waals surface area contributed by atoms with Crippen molar-refractivity contribution in [2.45, 2.75) is 53.1 Å². The molecule has 1 aromatic rings. The summed E-state index contributed by atoms with van der Waals surface area (Å²) in [5.74, 6) is 1.47. The van der Waals surface area contributed by atoms with Crippen LogP contribution in [0.3, 0.4) is 0 Å². The van der Waals surface area contributed by atoms with Gasteiger partial charge in [-0.3, -0.25) is 0 Å². The summed E-state index contributed by atoms with van der Waals surface area (Å²) in [7, 11) is 0. The normalized spacial score (nSPS) is 16.6. The first-order chi connectivity index (χ1) is 13.0. The lowest BCUT2D eigenvalue weighted by molar-refractivity contribution is 0.187. The van der Waals surface area contributed by atoms with Crippen molar-refractivity contribution in [3.8, 4) is 5.75 Å². The van der Waals surface area contributed by atoms with Gasteiger partial charge in [-0.15, -0.1) is 0 Å². The molecule has 1 saturated heterocycles. The zero-order valence-electron chi connectivity index (χ0n) is 17.2. The standard InChI is InChI=1S/C21H35FN4O/c1-5-23-21(25-18-9-11-26(12-10-18)15-16(3)4)24-14-17-7-8-20(27-6-2)19(22)13-17/h7-8,13,16,18H,5-6,9-12,14-15H2,1-4H3,(H2,23,24,25). The van der Waals surface area contributed by atoms with Crippen molar-refractivity contribution < 1.29 is 9.13 Å². The summed E-state index contributed by atoms with van der Waals surface area (Å²) in [6, 6.07) is 5.48. The van der Waals surface area contributed by atoms with Crippen molar-refractivity contribution in [1.82, 2.24) is 15.5 Å². The van der Waals surface area contributed by atoms with Gasteiger partial charge in [-0.05, 0) is 50.3 Å². The van der Waals surface area contributed by atoms with Crippen molar-refractivity contribution in [3.63, 3.8) is 0 Å². The molecule has 1 aromatic carbocycles. The van der Waals surface area contributed by atoms with Gasteiger partial charge in [0.1, 0.15) is 0 Å². The molecule has 2 rings (SSSR count).